The Bertz CT molecular complexity index is 484. The number of hydrogen-bond donors (Lipinski definition) is 0. The van der Waals surface area contributed by atoms with Crippen LogP contribution < -0.4 is 0 Å². The van der Waals surface area contributed by atoms with Crippen LogP contribution in [0, 0.1) is 3.70 Å². The molecular formula is C10H5BrClIN2. The van der Waals surface area contributed by atoms with Gasteiger partial charge in [0.05, 0.1) is 5.56 Å². The van der Waals surface area contributed by atoms with E-state index in [9.17, 15) is 0 Å². The lowest BCUT2D eigenvalue weighted by Gasteiger charge is -2.05. The van der Waals surface area contributed by atoms with Crippen LogP contribution in [0.1, 0.15) is 0 Å². The van der Waals surface area contributed by atoms with Gasteiger partial charge < -0.3 is 0 Å². The second-order valence-corrected chi connectivity index (χ2v) is 5.14. The molecule has 0 saturated heterocycles. The van der Waals surface area contributed by atoms with E-state index in [1.54, 1.807) is 0 Å². The third kappa shape index (κ3) is 2.49. The van der Waals surface area contributed by atoms with Gasteiger partial charge in [-0.15, -0.1) is 0 Å². The van der Waals surface area contributed by atoms with Gasteiger partial charge >= 0.3 is 0 Å². The number of halogens is 3. The molecule has 0 radical (unpaired) electrons. The van der Waals surface area contributed by atoms with Crippen LogP contribution in [0.3, 0.4) is 0 Å². The molecule has 0 amide bonds. The normalized spacial score (nSPS) is 10.3. The number of benzene rings is 1. The molecule has 0 aliphatic carbocycles. The zero-order valence-corrected chi connectivity index (χ0v) is 11.9. The van der Waals surface area contributed by atoms with E-state index in [1.165, 1.54) is 6.33 Å². The van der Waals surface area contributed by atoms with Crippen molar-refractivity contribution in [1.82, 2.24) is 9.97 Å². The van der Waals surface area contributed by atoms with Crippen molar-refractivity contribution in [2.75, 3.05) is 0 Å². The van der Waals surface area contributed by atoms with Gasteiger partial charge in [-0.2, -0.15) is 0 Å². The predicted octanol–water partition coefficient (Wildman–Crippen LogP) is 4.16. The van der Waals surface area contributed by atoms with Crippen molar-refractivity contribution in [1.29, 1.82) is 0 Å². The zero-order valence-electron chi connectivity index (χ0n) is 7.42. The van der Waals surface area contributed by atoms with E-state index in [0.29, 0.717) is 5.15 Å². The van der Waals surface area contributed by atoms with E-state index in [0.717, 1.165) is 19.3 Å². The Balaban J connectivity index is 2.63. The van der Waals surface area contributed by atoms with Crippen molar-refractivity contribution in [2.45, 2.75) is 0 Å². The minimum Gasteiger partial charge on any atom is -0.230 e. The van der Waals surface area contributed by atoms with Gasteiger partial charge in [0.1, 0.15) is 15.2 Å². The summed E-state index contributed by atoms with van der Waals surface area (Å²) in [6.45, 7) is 0. The van der Waals surface area contributed by atoms with Gasteiger partial charge in [-0.1, -0.05) is 39.7 Å². The van der Waals surface area contributed by atoms with Crippen LogP contribution in [-0.2, 0) is 0 Å². The topological polar surface area (TPSA) is 25.8 Å². The maximum Gasteiger partial charge on any atom is 0.141 e. The number of rotatable bonds is 1. The van der Waals surface area contributed by atoms with Crippen LogP contribution in [0.15, 0.2) is 35.1 Å². The van der Waals surface area contributed by atoms with Gasteiger partial charge in [0, 0.05) is 4.47 Å². The fourth-order valence-corrected chi connectivity index (χ4v) is 2.72. The highest BCUT2D eigenvalue weighted by atomic mass is 127. The lowest BCUT2D eigenvalue weighted by atomic mass is 10.1. The molecule has 2 rings (SSSR count). The highest BCUT2D eigenvalue weighted by Gasteiger charge is 2.09. The molecule has 2 aromatic rings. The van der Waals surface area contributed by atoms with Gasteiger partial charge in [-0.3, -0.25) is 0 Å². The first kappa shape index (κ1) is 11.3. The summed E-state index contributed by atoms with van der Waals surface area (Å²) in [6.07, 6.45) is 1.46. The van der Waals surface area contributed by atoms with Crippen LogP contribution >= 0.6 is 50.1 Å². The Labute approximate surface area is 114 Å². The Kier molecular flexibility index (Phi) is 3.58. The van der Waals surface area contributed by atoms with Crippen LogP contribution in [0.25, 0.3) is 11.1 Å². The average Bonchev–Trinajstić information content (AvgIpc) is 2.17. The second kappa shape index (κ2) is 4.76. The molecule has 0 aliphatic rings. The summed E-state index contributed by atoms with van der Waals surface area (Å²) in [5.41, 5.74) is 1.89. The molecule has 0 atom stereocenters. The highest BCUT2D eigenvalue weighted by Crippen LogP contribution is 2.30. The molecule has 0 saturated carbocycles. The monoisotopic (exact) mass is 394 g/mol. The zero-order chi connectivity index (χ0) is 10.8. The molecule has 1 aromatic carbocycles. The molecule has 2 nitrogen and oxygen atoms in total. The van der Waals surface area contributed by atoms with Gasteiger partial charge in [-0.25, -0.2) is 9.97 Å². The molecule has 1 heterocycles. The molecule has 0 spiro atoms. The lowest BCUT2D eigenvalue weighted by molar-refractivity contribution is 1.14. The molecule has 0 aliphatic heterocycles. The Morgan fingerprint density at radius 3 is 2.73 bits per heavy atom. The van der Waals surface area contributed by atoms with Crippen molar-refractivity contribution < 1.29 is 0 Å². The summed E-state index contributed by atoms with van der Waals surface area (Å²) in [4.78, 5) is 8.10. The minimum absolute atomic E-state index is 0.479. The molecule has 76 valence electrons. The number of nitrogens with zero attached hydrogens (tertiary/aromatic N) is 2. The predicted molar refractivity (Wildman–Crippen MR) is 72.9 cm³/mol. The van der Waals surface area contributed by atoms with Gasteiger partial charge in [0.15, 0.2) is 0 Å². The van der Waals surface area contributed by atoms with E-state index in [4.69, 9.17) is 11.6 Å². The summed E-state index contributed by atoms with van der Waals surface area (Å²) in [7, 11) is 0. The van der Waals surface area contributed by atoms with Crippen molar-refractivity contribution in [3.63, 3.8) is 0 Å². The summed E-state index contributed by atoms with van der Waals surface area (Å²) >= 11 is 11.6. The molecule has 0 bridgehead atoms. The Morgan fingerprint density at radius 2 is 2.07 bits per heavy atom. The van der Waals surface area contributed by atoms with Crippen LogP contribution in [0.4, 0.5) is 0 Å². The van der Waals surface area contributed by atoms with E-state index in [1.807, 2.05) is 24.3 Å². The van der Waals surface area contributed by atoms with E-state index in [2.05, 4.69) is 48.5 Å². The molecule has 0 unspecified atom stereocenters. The minimum atomic E-state index is 0.479. The fourth-order valence-electron chi connectivity index (χ4n) is 1.23. The smallest absolute Gasteiger partial charge is 0.141 e. The number of aromatic nitrogens is 2. The van der Waals surface area contributed by atoms with Crippen LogP contribution in [0.5, 0.6) is 0 Å². The van der Waals surface area contributed by atoms with Crippen molar-refractivity contribution in [2.24, 2.45) is 0 Å². The van der Waals surface area contributed by atoms with Gasteiger partial charge in [0.25, 0.3) is 0 Å². The Morgan fingerprint density at radius 1 is 1.27 bits per heavy atom. The van der Waals surface area contributed by atoms with E-state index in [-0.39, 0.29) is 0 Å². The van der Waals surface area contributed by atoms with Crippen molar-refractivity contribution in [3.8, 4) is 11.1 Å². The maximum absolute atomic E-state index is 6.05. The third-order valence-corrected chi connectivity index (χ3v) is 3.47. The highest BCUT2D eigenvalue weighted by molar-refractivity contribution is 14.1. The fraction of sp³-hybridized carbons (Fsp3) is 0. The van der Waals surface area contributed by atoms with Crippen LogP contribution in [-0.4, -0.2) is 9.97 Å². The van der Waals surface area contributed by atoms with Crippen LogP contribution in [0.2, 0.25) is 5.15 Å². The first-order chi connectivity index (χ1) is 7.18. The molecule has 15 heavy (non-hydrogen) atoms. The van der Waals surface area contributed by atoms with Gasteiger partial charge in [-0.05, 0) is 40.3 Å². The summed E-state index contributed by atoms with van der Waals surface area (Å²) in [5, 5.41) is 0.479. The average molecular weight is 395 g/mol. The largest absolute Gasteiger partial charge is 0.230 e. The maximum atomic E-state index is 6.05. The van der Waals surface area contributed by atoms with Gasteiger partial charge in [0.2, 0.25) is 0 Å². The first-order valence-corrected chi connectivity index (χ1v) is 6.35. The summed E-state index contributed by atoms with van der Waals surface area (Å²) < 4.78 is 1.86. The molecule has 1 aromatic heterocycles. The summed E-state index contributed by atoms with van der Waals surface area (Å²) in [5.74, 6) is 0. The standard InChI is InChI=1S/C10H5BrClIN2/c11-7-3-1-2-6(4-7)8-9(12)14-5-15-10(8)13/h1-5H. The second-order valence-electron chi connectivity index (χ2n) is 2.84. The van der Waals surface area contributed by atoms with E-state index < -0.39 is 0 Å². The molecular weight excluding hydrogens is 390 g/mol. The molecule has 0 fully saturated rings. The Hall–Kier alpha value is -0.200. The van der Waals surface area contributed by atoms with Crippen molar-refractivity contribution in [3.05, 3.63) is 43.9 Å². The summed E-state index contributed by atoms with van der Waals surface area (Å²) in [6, 6.07) is 7.90. The quantitative estimate of drug-likeness (QED) is 0.535. The number of hydrogen-bond acceptors (Lipinski definition) is 2. The third-order valence-electron chi connectivity index (χ3n) is 1.87. The lowest BCUT2D eigenvalue weighted by Crippen LogP contribution is -1.91. The van der Waals surface area contributed by atoms with E-state index >= 15 is 0 Å². The molecule has 5 heteroatoms. The molecule has 0 N–H and O–H groups in total. The van der Waals surface area contributed by atoms with Crippen molar-refractivity contribution >= 4 is 50.1 Å². The first-order valence-electron chi connectivity index (χ1n) is 4.10. The SMILES string of the molecule is Clc1ncnc(I)c1-c1cccc(Br)c1.